The average molecular weight is 325 g/mol. The minimum absolute atomic E-state index is 0.125. The largest absolute Gasteiger partial charge is 0.480 e. The zero-order chi connectivity index (χ0) is 16.0. The Labute approximate surface area is 128 Å². The highest BCUT2D eigenvalue weighted by atomic mass is 32.2. The number of fused-ring (bicyclic) bond motifs is 1. The predicted molar refractivity (Wildman–Crippen MR) is 81.0 cm³/mol. The Hall–Kier alpha value is -2.07. The van der Waals surface area contributed by atoms with Gasteiger partial charge in [0.1, 0.15) is 6.04 Å². The van der Waals surface area contributed by atoms with Crippen LogP contribution in [0.3, 0.4) is 0 Å². The second-order valence-corrected chi connectivity index (χ2v) is 6.39. The zero-order valence-corrected chi connectivity index (χ0v) is 12.8. The molecule has 0 bridgehead atoms. The van der Waals surface area contributed by atoms with Gasteiger partial charge < -0.3 is 9.67 Å². The Bertz CT molecular complexity index is 867. The molecule has 1 aliphatic rings. The minimum Gasteiger partial charge on any atom is -0.480 e. The Balaban J connectivity index is 1.98. The molecule has 1 fully saturated rings. The lowest BCUT2D eigenvalue weighted by Crippen LogP contribution is -2.39. The van der Waals surface area contributed by atoms with Crippen molar-refractivity contribution in [2.75, 3.05) is 5.75 Å². The molecule has 0 spiro atoms. The Morgan fingerprint density at radius 2 is 2.18 bits per heavy atom. The van der Waals surface area contributed by atoms with Gasteiger partial charge in [-0.2, -0.15) is 0 Å². The van der Waals surface area contributed by atoms with E-state index in [2.05, 4.69) is 10.3 Å². The summed E-state index contributed by atoms with van der Waals surface area (Å²) in [6, 6.07) is -0.586. The smallest absolute Gasteiger partial charge is 0.332 e. The number of aromatic nitrogens is 4. The molecule has 0 amide bonds. The minimum atomic E-state index is -0.885. The first kappa shape index (κ1) is 14.9. The van der Waals surface area contributed by atoms with Gasteiger partial charge in [-0.25, -0.2) is 9.78 Å². The highest BCUT2D eigenvalue weighted by Gasteiger charge is 2.30. The van der Waals surface area contributed by atoms with Crippen molar-refractivity contribution in [3.05, 3.63) is 27.2 Å². The van der Waals surface area contributed by atoms with Gasteiger partial charge in [-0.15, -0.1) is 11.8 Å². The van der Waals surface area contributed by atoms with E-state index in [0.29, 0.717) is 23.5 Å². The van der Waals surface area contributed by atoms with Crippen LogP contribution in [0.15, 0.2) is 15.9 Å². The molecule has 3 heterocycles. The number of carboxylic acid groups (broad SMARTS) is 1. The number of nitrogens with one attached hydrogen (secondary N) is 1. The maximum Gasteiger partial charge on any atom is 0.332 e. The summed E-state index contributed by atoms with van der Waals surface area (Å²) in [7, 11) is 2.98. The SMILES string of the molecule is Cn1c(=O)c2c(ncn2CC2NC(C(=O)O)CS2)n(C)c1=O. The molecule has 118 valence electrons. The quantitative estimate of drug-likeness (QED) is 0.710. The molecule has 1 aliphatic heterocycles. The predicted octanol–water partition coefficient (Wildman–Crippen LogP) is -1.45. The summed E-state index contributed by atoms with van der Waals surface area (Å²) in [5, 5.41) is 11.9. The van der Waals surface area contributed by atoms with E-state index in [1.807, 2.05) is 0 Å². The molecule has 0 aromatic carbocycles. The molecule has 2 aromatic rings. The lowest BCUT2D eigenvalue weighted by molar-refractivity contribution is -0.138. The third kappa shape index (κ3) is 2.24. The molecule has 0 saturated carbocycles. The Morgan fingerprint density at radius 3 is 2.82 bits per heavy atom. The molecule has 1 saturated heterocycles. The standard InChI is InChI=1S/C12H15N5O4S/c1-15-9-8(10(18)16(2)12(15)21)17(5-13-9)3-7-14-6(4-22-7)11(19)20/h5-7,14H,3-4H2,1-2H3,(H,19,20). The summed E-state index contributed by atoms with van der Waals surface area (Å²) in [5.74, 6) is -0.410. The monoisotopic (exact) mass is 325 g/mol. The van der Waals surface area contributed by atoms with Crippen LogP contribution in [-0.4, -0.2) is 46.9 Å². The number of rotatable bonds is 3. The van der Waals surface area contributed by atoms with Crippen molar-refractivity contribution in [1.29, 1.82) is 0 Å². The normalized spacial score (nSPS) is 21.5. The number of thioether (sulfide) groups is 1. The average Bonchev–Trinajstić information content (AvgIpc) is 3.10. The van der Waals surface area contributed by atoms with Crippen LogP contribution in [-0.2, 0) is 25.4 Å². The van der Waals surface area contributed by atoms with Crippen LogP contribution in [0.4, 0.5) is 0 Å². The number of hydrogen-bond donors (Lipinski definition) is 2. The first-order valence-electron chi connectivity index (χ1n) is 6.61. The number of carboxylic acids is 1. The molecule has 2 unspecified atom stereocenters. The summed E-state index contributed by atoms with van der Waals surface area (Å²) in [6.45, 7) is 0.401. The van der Waals surface area contributed by atoms with Crippen LogP contribution in [0.25, 0.3) is 11.2 Å². The summed E-state index contributed by atoms with van der Waals surface area (Å²) in [6.07, 6.45) is 1.50. The fourth-order valence-corrected chi connectivity index (χ4v) is 3.69. The van der Waals surface area contributed by atoms with Crippen molar-refractivity contribution < 1.29 is 9.90 Å². The molecule has 9 nitrogen and oxygen atoms in total. The first-order chi connectivity index (χ1) is 10.4. The van der Waals surface area contributed by atoms with Gasteiger partial charge in [0.15, 0.2) is 11.2 Å². The van der Waals surface area contributed by atoms with E-state index in [9.17, 15) is 14.4 Å². The Morgan fingerprint density at radius 1 is 1.45 bits per heavy atom. The number of aliphatic carboxylic acids is 1. The molecule has 0 radical (unpaired) electrons. The van der Waals surface area contributed by atoms with Crippen LogP contribution in [0.1, 0.15) is 0 Å². The van der Waals surface area contributed by atoms with Crippen LogP contribution >= 0.6 is 11.8 Å². The maximum absolute atomic E-state index is 12.3. The summed E-state index contributed by atoms with van der Waals surface area (Å²) >= 11 is 1.49. The van der Waals surface area contributed by atoms with Gasteiger partial charge in [-0.05, 0) is 0 Å². The third-order valence-corrected chi connectivity index (χ3v) is 4.94. The van der Waals surface area contributed by atoms with E-state index in [1.54, 1.807) is 11.6 Å². The lowest BCUT2D eigenvalue weighted by Gasteiger charge is -2.12. The van der Waals surface area contributed by atoms with Gasteiger partial charge in [-0.3, -0.25) is 24.0 Å². The third-order valence-electron chi connectivity index (χ3n) is 3.73. The van der Waals surface area contributed by atoms with E-state index in [4.69, 9.17) is 5.11 Å². The number of aryl methyl sites for hydroxylation is 1. The van der Waals surface area contributed by atoms with Gasteiger partial charge >= 0.3 is 11.7 Å². The van der Waals surface area contributed by atoms with Crippen LogP contribution < -0.4 is 16.6 Å². The highest BCUT2D eigenvalue weighted by molar-refractivity contribution is 8.00. The fraction of sp³-hybridized carbons (Fsp3) is 0.500. The number of carbonyl (C=O) groups is 1. The van der Waals surface area contributed by atoms with Crippen molar-refractivity contribution in [3.8, 4) is 0 Å². The second kappa shape index (κ2) is 5.29. The Kier molecular flexibility index (Phi) is 3.57. The second-order valence-electron chi connectivity index (χ2n) is 5.15. The van der Waals surface area contributed by atoms with Crippen molar-refractivity contribution in [2.24, 2.45) is 14.1 Å². The van der Waals surface area contributed by atoms with Gasteiger partial charge in [0.2, 0.25) is 0 Å². The zero-order valence-electron chi connectivity index (χ0n) is 12.0. The van der Waals surface area contributed by atoms with Crippen LogP contribution in [0.5, 0.6) is 0 Å². The van der Waals surface area contributed by atoms with Crippen LogP contribution in [0, 0.1) is 0 Å². The van der Waals surface area contributed by atoms with E-state index in [0.717, 1.165) is 4.57 Å². The molecule has 2 N–H and O–H groups in total. The van der Waals surface area contributed by atoms with E-state index >= 15 is 0 Å². The number of hydrogen-bond acceptors (Lipinski definition) is 6. The van der Waals surface area contributed by atoms with Crippen LogP contribution in [0.2, 0.25) is 0 Å². The summed E-state index contributed by atoms with van der Waals surface area (Å²) < 4.78 is 4.02. The van der Waals surface area contributed by atoms with Crippen molar-refractivity contribution in [2.45, 2.75) is 18.0 Å². The van der Waals surface area contributed by atoms with E-state index in [1.165, 1.54) is 29.7 Å². The van der Waals surface area contributed by atoms with E-state index in [-0.39, 0.29) is 5.37 Å². The summed E-state index contributed by atoms with van der Waals surface area (Å²) in [4.78, 5) is 39.3. The highest BCUT2D eigenvalue weighted by Crippen LogP contribution is 2.21. The molecular weight excluding hydrogens is 310 g/mol. The fourth-order valence-electron chi connectivity index (χ4n) is 2.50. The molecule has 2 atom stereocenters. The van der Waals surface area contributed by atoms with Gasteiger partial charge in [0, 0.05) is 26.4 Å². The van der Waals surface area contributed by atoms with Crippen molar-refractivity contribution in [3.63, 3.8) is 0 Å². The molecule has 2 aromatic heterocycles. The number of imidazole rings is 1. The lowest BCUT2D eigenvalue weighted by atomic mass is 10.3. The topological polar surface area (TPSA) is 111 Å². The molecule has 0 aliphatic carbocycles. The van der Waals surface area contributed by atoms with Gasteiger partial charge in [-0.1, -0.05) is 0 Å². The van der Waals surface area contributed by atoms with Crippen molar-refractivity contribution >= 4 is 28.9 Å². The molecule has 3 rings (SSSR count). The summed E-state index contributed by atoms with van der Waals surface area (Å²) in [5.41, 5.74) is -0.174. The van der Waals surface area contributed by atoms with Crippen molar-refractivity contribution in [1.82, 2.24) is 24.0 Å². The first-order valence-corrected chi connectivity index (χ1v) is 7.66. The van der Waals surface area contributed by atoms with Gasteiger partial charge in [0.05, 0.1) is 11.7 Å². The molecule has 22 heavy (non-hydrogen) atoms. The maximum atomic E-state index is 12.3. The molecular formula is C12H15N5O4S. The molecule has 10 heteroatoms. The number of nitrogens with zero attached hydrogens (tertiary/aromatic N) is 4. The van der Waals surface area contributed by atoms with E-state index < -0.39 is 23.3 Å². The van der Waals surface area contributed by atoms with Gasteiger partial charge in [0.25, 0.3) is 5.56 Å².